The summed E-state index contributed by atoms with van der Waals surface area (Å²) in [4.78, 5) is 5.88. The summed E-state index contributed by atoms with van der Waals surface area (Å²) in [6.45, 7) is 5.58. The van der Waals surface area contributed by atoms with Crippen LogP contribution < -0.4 is 0 Å². The quantitative estimate of drug-likeness (QED) is 0.215. The van der Waals surface area contributed by atoms with Crippen molar-refractivity contribution in [3.63, 3.8) is 0 Å². The first-order chi connectivity index (χ1) is 17.5. The molecule has 2 heterocycles. The predicted molar refractivity (Wildman–Crippen MR) is 149 cm³/mol. The number of nitrogens with one attached hydrogen (secondary N) is 1. The normalized spacial score (nSPS) is 17.0. The number of rotatable bonds is 9. The number of hydrogen-bond acceptors (Lipinski definition) is 3. The Morgan fingerprint density at radius 2 is 1.94 bits per heavy atom. The lowest BCUT2D eigenvalue weighted by atomic mass is 9.81. The molecule has 1 unspecified atom stereocenters. The molecule has 0 fully saturated rings. The first-order valence-corrected chi connectivity index (χ1v) is 13.5. The maximum absolute atomic E-state index is 13.7. The van der Waals surface area contributed by atoms with E-state index in [9.17, 15) is 9.65 Å². The molecular formula is C30H29FIN3O. The van der Waals surface area contributed by atoms with Crippen molar-refractivity contribution >= 4 is 33.5 Å². The Bertz CT molecular complexity index is 1410. The third-order valence-corrected chi connectivity index (χ3v) is 8.00. The Kier molecular flexibility index (Phi) is 7.42. The first kappa shape index (κ1) is 24.9. The fraction of sp³-hybridized carbons (Fsp3) is 0.300. The molecule has 1 N–H and O–H groups in total. The second kappa shape index (κ2) is 10.7. The van der Waals surface area contributed by atoms with E-state index >= 15 is 0 Å². The van der Waals surface area contributed by atoms with Crippen molar-refractivity contribution in [1.29, 1.82) is 5.26 Å². The van der Waals surface area contributed by atoms with Crippen molar-refractivity contribution in [2.24, 2.45) is 0 Å². The number of benzene rings is 3. The molecule has 0 aliphatic carbocycles. The van der Waals surface area contributed by atoms with E-state index in [0.29, 0.717) is 12.2 Å². The minimum atomic E-state index is -0.621. The van der Waals surface area contributed by atoms with Gasteiger partial charge in [-0.1, -0.05) is 25.1 Å². The van der Waals surface area contributed by atoms with Crippen molar-refractivity contribution in [1.82, 2.24) is 9.88 Å². The zero-order chi connectivity index (χ0) is 25.1. The molecule has 1 atom stereocenters. The van der Waals surface area contributed by atoms with Crippen LogP contribution in [0.3, 0.4) is 0 Å². The highest BCUT2D eigenvalue weighted by molar-refractivity contribution is 14.1. The summed E-state index contributed by atoms with van der Waals surface area (Å²) < 4.78 is 21.5. The van der Waals surface area contributed by atoms with Gasteiger partial charge in [0.25, 0.3) is 0 Å². The van der Waals surface area contributed by atoms with Crippen molar-refractivity contribution < 1.29 is 9.13 Å². The van der Waals surface area contributed by atoms with Gasteiger partial charge in [-0.15, -0.1) is 0 Å². The molecule has 3 aromatic carbocycles. The fourth-order valence-electron chi connectivity index (χ4n) is 5.38. The van der Waals surface area contributed by atoms with Gasteiger partial charge in [0.1, 0.15) is 11.4 Å². The van der Waals surface area contributed by atoms with E-state index in [4.69, 9.17) is 4.74 Å². The Balaban J connectivity index is 1.30. The molecule has 1 aliphatic rings. The van der Waals surface area contributed by atoms with E-state index in [0.717, 1.165) is 55.6 Å². The number of nitriles is 1. The number of aromatic nitrogens is 1. The maximum Gasteiger partial charge on any atom is 0.123 e. The van der Waals surface area contributed by atoms with Gasteiger partial charge in [-0.25, -0.2) is 4.39 Å². The highest BCUT2D eigenvalue weighted by atomic mass is 127. The molecule has 36 heavy (non-hydrogen) atoms. The van der Waals surface area contributed by atoms with Gasteiger partial charge >= 0.3 is 0 Å². The average Bonchev–Trinajstić information content (AvgIpc) is 3.47. The lowest BCUT2D eigenvalue weighted by molar-refractivity contribution is -0.0145. The van der Waals surface area contributed by atoms with Gasteiger partial charge < -0.3 is 14.6 Å². The zero-order valence-electron chi connectivity index (χ0n) is 20.4. The Hall–Kier alpha value is -2.73. The third kappa shape index (κ3) is 4.93. The van der Waals surface area contributed by atoms with Crippen molar-refractivity contribution in [2.45, 2.75) is 38.4 Å². The predicted octanol–water partition coefficient (Wildman–Crippen LogP) is 6.90. The fourth-order valence-corrected chi connectivity index (χ4v) is 5.87. The number of likely N-dealkylation sites (N-methyl/N-ethyl adjacent to an activating group) is 1. The second-order valence-electron chi connectivity index (χ2n) is 9.40. The zero-order valence-corrected chi connectivity index (χ0v) is 22.5. The van der Waals surface area contributed by atoms with Gasteiger partial charge in [0.2, 0.25) is 0 Å². The summed E-state index contributed by atoms with van der Waals surface area (Å²) in [6, 6.07) is 21.2. The summed E-state index contributed by atoms with van der Waals surface area (Å²) in [6.07, 6.45) is 4.86. The van der Waals surface area contributed by atoms with Crippen LogP contribution >= 0.6 is 22.6 Å². The number of hydrogen-bond donors (Lipinski definition) is 1. The molecule has 4 nitrogen and oxygen atoms in total. The van der Waals surface area contributed by atoms with Gasteiger partial charge in [-0.2, -0.15) is 5.26 Å². The number of aromatic amines is 1. The summed E-state index contributed by atoms with van der Waals surface area (Å²) in [5, 5.41) is 10.6. The van der Waals surface area contributed by atoms with Crippen LogP contribution in [-0.2, 0) is 23.4 Å². The molecule has 184 valence electrons. The highest BCUT2D eigenvalue weighted by Crippen LogP contribution is 2.45. The Morgan fingerprint density at radius 1 is 1.11 bits per heavy atom. The van der Waals surface area contributed by atoms with E-state index in [1.807, 2.05) is 30.3 Å². The van der Waals surface area contributed by atoms with Crippen molar-refractivity contribution in [3.8, 4) is 6.07 Å². The van der Waals surface area contributed by atoms with Gasteiger partial charge in [0.15, 0.2) is 0 Å². The van der Waals surface area contributed by atoms with Crippen LogP contribution in [0.25, 0.3) is 10.9 Å². The molecule has 0 saturated carbocycles. The molecular weight excluding hydrogens is 564 g/mol. The molecule has 0 spiro atoms. The minimum absolute atomic E-state index is 0.254. The first-order valence-electron chi connectivity index (χ1n) is 12.4. The van der Waals surface area contributed by atoms with Gasteiger partial charge in [-0.3, -0.25) is 0 Å². The van der Waals surface area contributed by atoms with Crippen LogP contribution in [0, 0.1) is 20.7 Å². The SMILES string of the molecule is CCN(CCCC1(c2ccc(F)cc2)OCc2cc(C#N)ccc21)CCc1c[nH]c2ccc(I)cc12. The third-order valence-electron chi connectivity index (χ3n) is 7.33. The molecule has 0 saturated heterocycles. The number of ether oxygens (including phenoxy) is 1. The monoisotopic (exact) mass is 593 g/mol. The van der Waals surface area contributed by atoms with Crippen LogP contribution in [0.15, 0.2) is 66.9 Å². The van der Waals surface area contributed by atoms with Crippen LogP contribution in [0.1, 0.15) is 47.6 Å². The molecule has 1 aromatic heterocycles. The lowest BCUT2D eigenvalue weighted by Gasteiger charge is -2.32. The van der Waals surface area contributed by atoms with Crippen LogP contribution in [0.4, 0.5) is 4.39 Å². The van der Waals surface area contributed by atoms with Gasteiger partial charge in [0, 0.05) is 27.2 Å². The summed E-state index contributed by atoms with van der Waals surface area (Å²) in [5.74, 6) is -0.254. The lowest BCUT2D eigenvalue weighted by Crippen LogP contribution is -2.31. The van der Waals surface area contributed by atoms with E-state index in [-0.39, 0.29) is 5.82 Å². The van der Waals surface area contributed by atoms with E-state index in [2.05, 4.69) is 69.9 Å². The number of nitrogens with zero attached hydrogens (tertiary/aromatic N) is 2. The summed E-state index contributed by atoms with van der Waals surface area (Å²) in [7, 11) is 0. The number of fused-ring (bicyclic) bond motifs is 2. The molecule has 0 bridgehead atoms. The van der Waals surface area contributed by atoms with Crippen molar-refractivity contribution in [3.05, 3.63) is 104 Å². The minimum Gasteiger partial charge on any atom is -0.361 e. The summed E-state index contributed by atoms with van der Waals surface area (Å²) >= 11 is 2.37. The number of halogens is 2. The largest absolute Gasteiger partial charge is 0.361 e. The van der Waals surface area contributed by atoms with Gasteiger partial charge in [0.05, 0.1) is 18.2 Å². The topological polar surface area (TPSA) is 52.0 Å². The second-order valence-corrected chi connectivity index (χ2v) is 10.6. The molecule has 6 heteroatoms. The molecule has 1 aliphatic heterocycles. The number of H-pyrrole nitrogens is 1. The average molecular weight is 593 g/mol. The van der Waals surface area contributed by atoms with E-state index < -0.39 is 5.60 Å². The Morgan fingerprint density at radius 3 is 2.72 bits per heavy atom. The maximum atomic E-state index is 13.7. The van der Waals surface area contributed by atoms with E-state index in [1.54, 1.807) is 0 Å². The standard InChI is InChI=1S/C30H29FIN3O/c1-2-35(15-12-22-19-34-29-11-9-26(32)17-27(22)29)14-3-13-30(24-5-7-25(31)8-6-24)28-10-4-21(18-33)16-23(28)20-36-30/h4-11,16-17,19,34H,2-3,12-15,20H2,1H3. The smallest absolute Gasteiger partial charge is 0.123 e. The molecule has 4 aromatic rings. The highest BCUT2D eigenvalue weighted by Gasteiger charge is 2.41. The van der Waals surface area contributed by atoms with Crippen LogP contribution in [-0.4, -0.2) is 29.5 Å². The van der Waals surface area contributed by atoms with Crippen LogP contribution in [0.2, 0.25) is 0 Å². The molecule has 0 amide bonds. The summed E-state index contributed by atoms with van der Waals surface area (Å²) in [5.41, 5.74) is 5.64. The Labute approximate surface area is 225 Å². The molecule has 5 rings (SSSR count). The van der Waals surface area contributed by atoms with Gasteiger partial charge in [-0.05, 0) is 120 Å². The van der Waals surface area contributed by atoms with E-state index in [1.165, 1.54) is 32.2 Å². The molecule has 0 radical (unpaired) electrons. The van der Waals surface area contributed by atoms with Crippen LogP contribution in [0.5, 0.6) is 0 Å². The van der Waals surface area contributed by atoms with Crippen molar-refractivity contribution in [2.75, 3.05) is 19.6 Å².